The fourth-order valence-electron chi connectivity index (χ4n) is 1.91. The van der Waals surface area contributed by atoms with Crippen molar-refractivity contribution in [2.24, 2.45) is 0 Å². The molecule has 0 atom stereocenters. The van der Waals surface area contributed by atoms with Crippen LogP contribution in [-0.4, -0.2) is 15.0 Å². The molecule has 0 aliphatic heterocycles. The highest BCUT2D eigenvalue weighted by molar-refractivity contribution is 5.49. The van der Waals surface area contributed by atoms with Crippen LogP contribution < -0.4 is 5.56 Å². The van der Waals surface area contributed by atoms with Gasteiger partial charge in [-0.05, 0) is 25.0 Å². The van der Waals surface area contributed by atoms with Crippen molar-refractivity contribution in [1.29, 1.82) is 0 Å². The number of halogens is 1. The Morgan fingerprint density at radius 3 is 2.56 bits per heavy atom. The standard InChI is InChI=1S/C13H14FN3O/c1-7(2)11-8(3)16-12(17-13(11)18)10-5-4-9(14)6-15-10/h4-7H,1-3H3,(H,16,17,18). The molecule has 0 amide bonds. The number of nitrogens with one attached hydrogen (secondary N) is 1. The highest BCUT2D eigenvalue weighted by Crippen LogP contribution is 2.16. The predicted molar refractivity (Wildman–Crippen MR) is 66.9 cm³/mol. The van der Waals surface area contributed by atoms with Gasteiger partial charge < -0.3 is 4.98 Å². The summed E-state index contributed by atoms with van der Waals surface area (Å²) in [6.45, 7) is 5.67. The van der Waals surface area contributed by atoms with Gasteiger partial charge in [0.25, 0.3) is 5.56 Å². The quantitative estimate of drug-likeness (QED) is 0.886. The number of aryl methyl sites for hydroxylation is 1. The van der Waals surface area contributed by atoms with Gasteiger partial charge in [0.2, 0.25) is 0 Å². The molecule has 94 valence electrons. The van der Waals surface area contributed by atoms with Crippen LogP contribution in [-0.2, 0) is 0 Å². The molecule has 2 aromatic rings. The van der Waals surface area contributed by atoms with Crippen LogP contribution in [0.4, 0.5) is 4.39 Å². The van der Waals surface area contributed by atoms with E-state index >= 15 is 0 Å². The summed E-state index contributed by atoms with van der Waals surface area (Å²) in [5, 5.41) is 0. The number of hydrogen-bond donors (Lipinski definition) is 1. The van der Waals surface area contributed by atoms with E-state index in [2.05, 4.69) is 15.0 Å². The fourth-order valence-corrected chi connectivity index (χ4v) is 1.91. The zero-order valence-electron chi connectivity index (χ0n) is 10.5. The van der Waals surface area contributed by atoms with Crippen LogP contribution in [0.2, 0.25) is 0 Å². The Morgan fingerprint density at radius 2 is 2.06 bits per heavy atom. The molecule has 0 saturated carbocycles. The average Bonchev–Trinajstić information content (AvgIpc) is 2.28. The third-order valence-electron chi connectivity index (χ3n) is 2.69. The van der Waals surface area contributed by atoms with Gasteiger partial charge in [0.15, 0.2) is 5.82 Å². The minimum Gasteiger partial charge on any atom is -0.305 e. The van der Waals surface area contributed by atoms with E-state index in [4.69, 9.17) is 0 Å². The highest BCUT2D eigenvalue weighted by atomic mass is 19.1. The smallest absolute Gasteiger partial charge is 0.254 e. The zero-order chi connectivity index (χ0) is 13.3. The van der Waals surface area contributed by atoms with Crippen LogP contribution in [0.3, 0.4) is 0 Å². The van der Waals surface area contributed by atoms with E-state index in [1.807, 2.05) is 13.8 Å². The summed E-state index contributed by atoms with van der Waals surface area (Å²) in [7, 11) is 0. The molecule has 0 unspecified atom stereocenters. The highest BCUT2D eigenvalue weighted by Gasteiger charge is 2.12. The number of aromatic nitrogens is 3. The Bertz CT molecular complexity index is 617. The summed E-state index contributed by atoms with van der Waals surface area (Å²) in [6.07, 6.45) is 1.10. The van der Waals surface area contributed by atoms with Crippen molar-refractivity contribution in [1.82, 2.24) is 15.0 Å². The van der Waals surface area contributed by atoms with Crippen molar-refractivity contribution in [3.8, 4) is 11.5 Å². The van der Waals surface area contributed by atoms with E-state index in [0.29, 0.717) is 22.8 Å². The first-order valence-corrected chi connectivity index (χ1v) is 5.71. The second kappa shape index (κ2) is 4.68. The van der Waals surface area contributed by atoms with Crippen LogP contribution in [0, 0.1) is 12.7 Å². The summed E-state index contributed by atoms with van der Waals surface area (Å²) < 4.78 is 12.8. The van der Waals surface area contributed by atoms with Gasteiger partial charge in [-0.25, -0.2) is 14.4 Å². The number of H-pyrrole nitrogens is 1. The molecule has 0 spiro atoms. The molecule has 4 nitrogen and oxygen atoms in total. The first-order valence-electron chi connectivity index (χ1n) is 5.71. The molecule has 5 heteroatoms. The molecule has 0 bridgehead atoms. The maximum atomic E-state index is 12.8. The minimum absolute atomic E-state index is 0.108. The Balaban J connectivity index is 2.55. The van der Waals surface area contributed by atoms with E-state index in [-0.39, 0.29) is 11.5 Å². The van der Waals surface area contributed by atoms with Crippen LogP contribution in [0.5, 0.6) is 0 Å². The van der Waals surface area contributed by atoms with Gasteiger partial charge in [0.1, 0.15) is 11.5 Å². The molecule has 0 aliphatic rings. The number of nitrogens with zero attached hydrogens (tertiary/aromatic N) is 2. The lowest BCUT2D eigenvalue weighted by Gasteiger charge is -2.09. The summed E-state index contributed by atoms with van der Waals surface area (Å²) >= 11 is 0. The lowest BCUT2D eigenvalue weighted by molar-refractivity contribution is 0.621. The largest absolute Gasteiger partial charge is 0.305 e. The maximum absolute atomic E-state index is 12.8. The van der Waals surface area contributed by atoms with Crippen molar-refractivity contribution in [3.63, 3.8) is 0 Å². The third kappa shape index (κ3) is 2.30. The van der Waals surface area contributed by atoms with Gasteiger partial charge in [0, 0.05) is 11.3 Å². The lowest BCUT2D eigenvalue weighted by atomic mass is 10.0. The number of rotatable bonds is 2. The van der Waals surface area contributed by atoms with Crippen molar-refractivity contribution in [2.75, 3.05) is 0 Å². The summed E-state index contributed by atoms with van der Waals surface area (Å²) in [4.78, 5) is 22.8. The second-order valence-corrected chi connectivity index (χ2v) is 4.43. The van der Waals surface area contributed by atoms with E-state index in [9.17, 15) is 9.18 Å². The molecule has 2 aromatic heterocycles. The summed E-state index contributed by atoms with van der Waals surface area (Å²) in [5.74, 6) is 0.0509. The molecular weight excluding hydrogens is 233 g/mol. The molecule has 18 heavy (non-hydrogen) atoms. The normalized spacial score (nSPS) is 10.9. The Morgan fingerprint density at radius 1 is 1.33 bits per heavy atom. The van der Waals surface area contributed by atoms with Crippen LogP contribution in [0.15, 0.2) is 23.1 Å². The SMILES string of the molecule is Cc1nc(-c2ccc(F)cn2)[nH]c(=O)c1C(C)C. The summed E-state index contributed by atoms with van der Waals surface area (Å²) in [5.41, 5.74) is 1.63. The Labute approximate surface area is 104 Å². The van der Waals surface area contributed by atoms with Crippen molar-refractivity contribution >= 4 is 0 Å². The van der Waals surface area contributed by atoms with E-state index < -0.39 is 5.82 Å². The molecule has 0 radical (unpaired) electrons. The van der Waals surface area contributed by atoms with Gasteiger partial charge >= 0.3 is 0 Å². The van der Waals surface area contributed by atoms with E-state index in [0.717, 1.165) is 6.20 Å². The second-order valence-electron chi connectivity index (χ2n) is 4.43. The first kappa shape index (κ1) is 12.4. The maximum Gasteiger partial charge on any atom is 0.254 e. The van der Waals surface area contributed by atoms with Crippen molar-refractivity contribution in [3.05, 3.63) is 45.8 Å². The molecular formula is C13H14FN3O. The molecule has 0 aromatic carbocycles. The van der Waals surface area contributed by atoms with Gasteiger partial charge in [0.05, 0.1) is 6.20 Å². The number of pyridine rings is 1. The van der Waals surface area contributed by atoms with Crippen LogP contribution in [0.25, 0.3) is 11.5 Å². The molecule has 2 heterocycles. The topological polar surface area (TPSA) is 58.6 Å². The van der Waals surface area contributed by atoms with E-state index in [1.165, 1.54) is 12.1 Å². The molecule has 0 saturated heterocycles. The van der Waals surface area contributed by atoms with Gasteiger partial charge in [-0.2, -0.15) is 0 Å². The molecule has 0 aliphatic carbocycles. The van der Waals surface area contributed by atoms with Gasteiger partial charge in [-0.1, -0.05) is 13.8 Å². The monoisotopic (exact) mass is 247 g/mol. The lowest BCUT2D eigenvalue weighted by Crippen LogP contribution is -2.18. The first-order chi connectivity index (χ1) is 8.49. The minimum atomic E-state index is -0.420. The van der Waals surface area contributed by atoms with Gasteiger partial charge in [-0.3, -0.25) is 4.79 Å². The third-order valence-corrected chi connectivity index (χ3v) is 2.69. The Hall–Kier alpha value is -2.04. The van der Waals surface area contributed by atoms with Crippen molar-refractivity contribution in [2.45, 2.75) is 26.7 Å². The van der Waals surface area contributed by atoms with Gasteiger partial charge in [-0.15, -0.1) is 0 Å². The van der Waals surface area contributed by atoms with Crippen LogP contribution >= 0.6 is 0 Å². The Kier molecular flexibility index (Phi) is 3.23. The van der Waals surface area contributed by atoms with E-state index in [1.54, 1.807) is 6.92 Å². The predicted octanol–water partition coefficient (Wildman–Crippen LogP) is 2.40. The average molecular weight is 247 g/mol. The molecule has 2 rings (SSSR count). The molecule has 1 N–H and O–H groups in total. The number of hydrogen-bond acceptors (Lipinski definition) is 3. The molecule has 0 fully saturated rings. The zero-order valence-corrected chi connectivity index (χ0v) is 10.5. The van der Waals surface area contributed by atoms with Crippen LogP contribution in [0.1, 0.15) is 31.0 Å². The summed E-state index contributed by atoms with van der Waals surface area (Å²) in [6, 6.07) is 2.77. The fraction of sp³-hybridized carbons (Fsp3) is 0.308. The van der Waals surface area contributed by atoms with Crippen molar-refractivity contribution < 1.29 is 4.39 Å². The number of aromatic amines is 1.